The van der Waals surface area contributed by atoms with Gasteiger partial charge >= 0.3 is 0 Å². The molecule has 36 heavy (non-hydrogen) atoms. The molecule has 0 saturated heterocycles. The molecule has 6 rings (SSSR count). The van der Waals surface area contributed by atoms with Crippen LogP contribution in [0.2, 0.25) is 0 Å². The van der Waals surface area contributed by atoms with Gasteiger partial charge in [0.1, 0.15) is 12.4 Å². The van der Waals surface area contributed by atoms with Crippen LogP contribution >= 0.6 is 0 Å². The van der Waals surface area contributed by atoms with E-state index in [1.54, 1.807) is 13.3 Å². The third kappa shape index (κ3) is 4.15. The van der Waals surface area contributed by atoms with Gasteiger partial charge in [0.05, 0.1) is 30.6 Å². The molecule has 186 valence electrons. The van der Waals surface area contributed by atoms with Gasteiger partial charge in [0, 0.05) is 43.6 Å². The molecule has 2 aromatic heterocycles. The van der Waals surface area contributed by atoms with E-state index in [0.717, 1.165) is 77.7 Å². The minimum Gasteiger partial charge on any atom is -0.488 e. The lowest BCUT2D eigenvalue weighted by Crippen LogP contribution is -2.38. The second kappa shape index (κ2) is 9.43. The zero-order valence-electron chi connectivity index (χ0n) is 20.7. The number of fused-ring (bicyclic) bond motifs is 3. The number of methoxy groups -OCH3 is 1. The maximum atomic E-state index is 13.9. The first kappa shape index (κ1) is 22.8. The monoisotopic (exact) mass is 485 g/mol. The molecule has 0 bridgehead atoms. The molecule has 8 heteroatoms. The number of benzene rings is 1. The van der Waals surface area contributed by atoms with Gasteiger partial charge in [0.25, 0.3) is 0 Å². The van der Waals surface area contributed by atoms with E-state index in [2.05, 4.69) is 32.3 Å². The van der Waals surface area contributed by atoms with E-state index < -0.39 is 0 Å². The third-order valence-electron chi connectivity index (χ3n) is 7.60. The van der Waals surface area contributed by atoms with Crippen molar-refractivity contribution in [3.63, 3.8) is 0 Å². The predicted octanol–water partition coefficient (Wildman–Crippen LogP) is 4.77. The molecule has 1 fully saturated rings. The molecule has 1 saturated carbocycles. The molecule has 0 unspecified atom stereocenters. The van der Waals surface area contributed by atoms with Gasteiger partial charge in [-0.2, -0.15) is 0 Å². The van der Waals surface area contributed by atoms with Crippen LogP contribution in [0.3, 0.4) is 0 Å². The largest absolute Gasteiger partial charge is 0.488 e. The number of likely N-dealkylation sites (N-methyl/N-ethyl adjacent to an activating group) is 1. The summed E-state index contributed by atoms with van der Waals surface area (Å²) in [6, 6.07) is 12.2. The summed E-state index contributed by atoms with van der Waals surface area (Å²) in [6.45, 7) is 1.94. The van der Waals surface area contributed by atoms with Crippen molar-refractivity contribution >= 4 is 28.9 Å². The highest BCUT2D eigenvalue weighted by Crippen LogP contribution is 2.41. The van der Waals surface area contributed by atoms with Crippen LogP contribution in [0.4, 0.5) is 23.0 Å². The van der Waals surface area contributed by atoms with E-state index in [1.807, 2.05) is 42.4 Å². The van der Waals surface area contributed by atoms with Crippen LogP contribution < -0.4 is 19.9 Å². The van der Waals surface area contributed by atoms with Crippen molar-refractivity contribution in [1.82, 2.24) is 9.97 Å². The molecule has 1 aromatic carbocycles. The molecule has 1 amide bonds. The van der Waals surface area contributed by atoms with E-state index in [1.165, 1.54) is 0 Å². The number of hydrogen-bond donors (Lipinski definition) is 1. The summed E-state index contributed by atoms with van der Waals surface area (Å²) in [7, 11) is 3.78. The Labute approximate surface area is 211 Å². The predicted molar refractivity (Wildman–Crippen MR) is 140 cm³/mol. The van der Waals surface area contributed by atoms with Gasteiger partial charge in [-0.1, -0.05) is 12.1 Å². The Morgan fingerprint density at radius 1 is 1.11 bits per heavy atom. The molecule has 0 spiro atoms. The Kier molecular flexibility index (Phi) is 5.97. The molecular weight excluding hydrogens is 454 g/mol. The van der Waals surface area contributed by atoms with Gasteiger partial charge < -0.3 is 24.6 Å². The summed E-state index contributed by atoms with van der Waals surface area (Å²) in [5, 5.41) is 3.47. The fraction of sp³-hybridized carbons (Fsp3) is 0.393. The summed E-state index contributed by atoms with van der Waals surface area (Å²) in [5.74, 6) is 2.58. The van der Waals surface area contributed by atoms with Crippen LogP contribution in [0.15, 0.2) is 48.8 Å². The molecule has 4 heterocycles. The lowest BCUT2D eigenvalue weighted by molar-refractivity contribution is -0.124. The number of carbonyl (C=O) groups is 1. The second-order valence-electron chi connectivity index (χ2n) is 9.82. The molecular formula is C28H31N5O3. The summed E-state index contributed by atoms with van der Waals surface area (Å²) in [4.78, 5) is 27.2. The van der Waals surface area contributed by atoms with Crippen molar-refractivity contribution in [1.29, 1.82) is 0 Å². The number of hydrogen-bond acceptors (Lipinski definition) is 7. The quantitative estimate of drug-likeness (QED) is 0.573. The molecule has 0 atom stereocenters. The number of anilines is 4. The summed E-state index contributed by atoms with van der Waals surface area (Å²) >= 11 is 0. The number of aromatic nitrogens is 2. The maximum Gasteiger partial charge on any atom is 0.230 e. The van der Waals surface area contributed by atoms with Gasteiger partial charge in [0.15, 0.2) is 11.6 Å². The molecule has 3 aliphatic rings. The van der Waals surface area contributed by atoms with E-state index in [9.17, 15) is 4.79 Å². The second-order valence-corrected chi connectivity index (χ2v) is 9.82. The van der Waals surface area contributed by atoms with Crippen LogP contribution in [-0.2, 0) is 16.1 Å². The van der Waals surface area contributed by atoms with Crippen molar-refractivity contribution in [3.8, 4) is 16.9 Å². The zero-order valence-corrected chi connectivity index (χ0v) is 20.7. The highest BCUT2D eigenvalue weighted by Gasteiger charge is 2.33. The Morgan fingerprint density at radius 3 is 2.81 bits per heavy atom. The third-order valence-corrected chi connectivity index (χ3v) is 7.60. The van der Waals surface area contributed by atoms with E-state index in [4.69, 9.17) is 9.47 Å². The maximum absolute atomic E-state index is 13.9. The number of carbonyl (C=O) groups excluding carboxylic acids is 1. The molecule has 1 aliphatic carbocycles. The number of pyridine rings is 2. The Hall–Kier alpha value is -3.65. The van der Waals surface area contributed by atoms with Crippen molar-refractivity contribution in [2.24, 2.45) is 5.92 Å². The van der Waals surface area contributed by atoms with Gasteiger partial charge in [-0.05, 0) is 55.5 Å². The van der Waals surface area contributed by atoms with Gasteiger partial charge in [0.2, 0.25) is 5.91 Å². The molecule has 0 radical (unpaired) electrons. The van der Waals surface area contributed by atoms with Crippen molar-refractivity contribution < 1.29 is 14.3 Å². The lowest BCUT2D eigenvalue weighted by atomic mass is 9.86. The number of ether oxygens (including phenoxy) is 2. The van der Waals surface area contributed by atoms with Crippen LogP contribution in [-0.4, -0.2) is 49.3 Å². The zero-order chi connectivity index (χ0) is 24.6. The first-order valence-electron chi connectivity index (χ1n) is 12.6. The SMILES string of the molecule is CO[C@H]1CC[C@H](C(=O)N2Cc3cccnc3Nc3ccc(-c4cnc5c(c4)OCCN5C)cc32)CC1. The standard InChI is InChI=1S/C28H31N5O3/c1-32-12-13-36-25-15-21(16-30-27(25)32)19-7-10-23-24(14-19)33(17-20-4-3-11-29-26(20)31-23)28(34)18-5-8-22(35-2)9-6-18/h3-4,7,10-11,14-16,18,22H,5-6,8-9,12-13,17H2,1-2H3,(H,29,31)/t18-,22-. The van der Waals surface area contributed by atoms with Crippen molar-refractivity contribution in [3.05, 3.63) is 54.4 Å². The minimum atomic E-state index is -0.0134. The van der Waals surface area contributed by atoms with Gasteiger partial charge in [-0.25, -0.2) is 9.97 Å². The molecule has 2 aliphatic heterocycles. The summed E-state index contributed by atoms with van der Waals surface area (Å²) in [5.41, 5.74) is 4.68. The van der Waals surface area contributed by atoms with Crippen LogP contribution in [0.5, 0.6) is 5.75 Å². The van der Waals surface area contributed by atoms with E-state index in [-0.39, 0.29) is 17.9 Å². The summed E-state index contributed by atoms with van der Waals surface area (Å²) in [6.07, 6.45) is 7.43. The van der Waals surface area contributed by atoms with Crippen LogP contribution in [0, 0.1) is 5.92 Å². The Balaban J connectivity index is 1.38. The lowest BCUT2D eigenvalue weighted by Gasteiger charge is -2.32. The fourth-order valence-corrected chi connectivity index (χ4v) is 5.45. The van der Waals surface area contributed by atoms with Crippen molar-refractivity contribution in [2.45, 2.75) is 38.3 Å². The number of nitrogens with zero attached hydrogens (tertiary/aromatic N) is 4. The number of nitrogens with one attached hydrogen (secondary N) is 1. The summed E-state index contributed by atoms with van der Waals surface area (Å²) < 4.78 is 11.4. The first-order valence-corrected chi connectivity index (χ1v) is 12.6. The van der Waals surface area contributed by atoms with E-state index >= 15 is 0 Å². The van der Waals surface area contributed by atoms with Crippen molar-refractivity contribution in [2.75, 3.05) is 42.4 Å². The fourth-order valence-electron chi connectivity index (χ4n) is 5.45. The molecule has 8 nitrogen and oxygen atoms in total. The Morgan fingerprint density at radius 2 is 1.97 bits per heavy atom. The number of amides is 1. The number of rotatable bonds is 3. The molecule has 3 aromatic rings. The normalized spacial score (nSPS) is 20.8. The minimum absolute atomic E-state index is 0.0134. The highest BCUT2D eigenvalue weighted by molar-refractivity contribution is 6.00. The van der Waals surface area contributed by atoms with E-state index in [0.29, 0.717) is 13.2 Å². The van der Waals surface area contributed by atoms with Crippen LogP contribution in [0.1, 0.15) is 31.2 Å². The average Bonchev–Trinajstić information content (AvgIpc) is 3.09. The van der Waals surface area contributed by atoms with Gasteiger partial charge in [-0.15, -0.1) is 0 Å². The van der Waals surface area contributed by atoms with Gasteiger partial charge in [-0.3, -0.25) is 4.79 Å². The van der Waals surface area contributed by atoms with Crippen LogP contribution in [0.25, 0.3) is 11.1 Å². The highest BCUT2D eigenvalue weighted by atomic mass is 16.5. The average molecular weight is 486 g/mol. The molecule has 1 N–H and O–H groups in total. The Bertz CT molecular complexity index is 1290. The smallest absolute Gasteiger partial charge is 0.230 e. The topological polar surface area (TPSA) is 79.8 Å². The first-order chi connectivity index (χ1) is 17.6.